The average Bonchev–Trinajstić information content (AvgIpc) is 2.78. The smallest absolute Gasteiger partial charge is 0.177 e. The molecule has 1 heterocycles. The van der Waals surface area contributed by atoms with Crippen molar-refractivity contribution in [3.63, 3.8) is 0 Å². The first-order valence-corrected chi connectivity index (χ1v) is 7.05. The number of hydrogen-bond donors (Lipinski definition) is 1. The first kappa shape index (κ1) is 13.7. The molecule has 0 spiro atoms. The number of nitrogens with zero attached hydrogens (tertiary/aromatic N) is 1. The highest BCUT2D eigenvalue weighted by Gasteiger charge is 2.27. The molecule has 4 heteroatoms. The van der Waals surface area contributed by atoms with Gasteiger partial charge in [-0.3, -0.25) is 9.69 Å². The molecule has 0 bridgehead atoms. The van der Waals surface area contributed by atoms with Gasteiger partial charge in [-0.15, -0.1) is 0 Å². The van der Waals surface area contributed by atoms with Crippen LogP contribution in [-0.2, 0) is 0 Å². The monoisotopic (exact) mass is 311 g/mol. The number of aliphatic hydroxyl groups is 1. The molecule has 98 valence electrons. The molecule has 1 N–H and O–H groups in total. The van der Waals surface area contributed by atoms with Crippen LogP contribution in [0.3, 0.4) is 0 Å². The summed E-state index contributed by atoms with van der Waals surface area (Å²) in [4.78, 5) is 14.3. The molecule has 0 aliphatic carbocycles. The van der Waals surface area contributed by atoms with E-state index in [-0.39, 0.29) is 11.9 Å². The van der Waals surface area contributed by atoms with Gasteiger partial charge < -0.3 is 5.11 Å². The number of ketones is 1. The number of halogens is 1. The number of rotatable bonds is 4. The molecular formula is C14H18BrNO2. The standard InChI is InChI=1S/C14H18BrNO2/c1-10(17)11-6-7-16(8-11)9-14(18)12-4-2-3-5-13(12)15/h2-5,10-11,17H,6-9H2,1H3. The molecule has 1 fully saturated rings. The Balaban J connectivity index is 1.95. The fourth-order valence-electron chi connectivity index (χ4n) is 2.38. The topological polar surface area (TPSA) is 40.5 Å². The minimum atomic E-state index is -0.284. The Kier molecular flexibility index (Phi) is 4.54. The zero-order valence-electron chi connectivity index (χ0n) is 10.5. The van der Waals surface area contributed by atoms with Crippen LogP contribution in [-0.4, -0.2) is 41.5 Å². The van der Waals surface area contributed by atoms with Crippen LogP contribution in [0.5, 0.6) is 0 Å². The summed E-state index contributed by atoms with van der Waals surface area (Å²) in [6.07, 6.45) is 0.689. The van der Waals surface area contributed by atoms with Crippen LogP contribution in [0.1, 0.15) is 23.7 Å². The van der Waals surface area contributed by atoms with Crippen LogP contribution in [0.25, 0.3) is 0 Å². The van der Waals surface area contributed by atoms with E-state index in [1.807, 2.05) is 31.2 Å². The first-order chi connectivity index (χ1) is 8.58. The molecule has 1 aliphatic rings. The minimum absolute atomic E-state index is 0.133. The van der Waals surface area contributed by atoms with E-state index in [0.717, 1.165) is 29.5 Å². The van der Waals surface area contributed by atoms with Gasteiger partial charge in [-0.05, 0) is 31.9 Å². The van der Waals surface area contributed by atoms with Crippen molar-refractivity contribution in [2.24, 2.45) is 5.92 Å². The molecule has 1 aliphatic heterocycles. The van der Waals surface area contributed by atoms with Crippen LogP contribution >= 0.6 is 15.9 Å². The molecule has 1 saturated heterocycles. The van der Waals surface area contributed by atoms with E-state index >= 15 is 0 Å². The fraction of sp³-hybridized carbons (Fsp3) is 0.500. The second-order valence-electron chi connectivity index (χ2n) is 4.93. The van der Waals surface area contributed by atoms with Gasteiger partial charge >= 0.3 is 0 Å². The van der Waals surface area contributed by atoms with Crippen molar-refractivity contribution < 1.29 is 9.90 Å². The van der Waals surface area contributed by atoms with Gasteiger partial charge in [0.15, 0.2) is 5.78 Å². The van der Waals surface area contributed by atoms with Gasteiger partial charge in [-0.25, -0.2) is 0 Å². The summed E-state index contributed by atoms with van der Waals surface area (Å²) in [6, 6.07) is 7.51. The number of hydrogen-bond acceptors (Lipinski definition) is 3. The number of carbonyl (C=O) groups excluding carboxylic acids is 1. The van der Waals surface area contributed by atoms with Gasteiger partial charge in [0.1, 0.15) is 0 Å². The van der Waals surface area contributed by atoms with Crippen LogP contribution < -0.4 is 0 Å². The van der Waals surface area contributed by atoms with Crippen LogP contribution in [0.2, 0.25) is 0 Å². The predicted molar refractivity (Wildman–Crippen MR) is 74.7 cm³/mol. The summed E-state index contributed by atoms with van der Waals surface area (Å²) in [7, 11) is 0. The molecule has 3 nitrogen and oxygen atoms in total. The maximum Gasteiger partial charge on any atom is 0.177 e. The molecule has 0 amide bonds. The van der Waals surface area contributed by atoms with Gasteiger partial charge in [0.2, 0.25) is 0 Å². The van der Waals surface area contributed by atoms with Gasteiger partial charge in [-0.1, -0.05) is 34.1 Å². The number of likely N-dealkylation sites (tertiary alicyclic amines) is 1. The van der Waals surface area contributed by atoms with Gasteiger partial charge in [0.25, 0.3) is 0 Å². The molecule has 1 aromatic carbocycles. The van der Waals surface area contributed by atoms with Crippen molar-refractivity contribution in [3.8, 4) is 0 Å². The molecule has 2 atom stereocenters. The lowest BCUT2D eigenvalue weighted by atomic mass is 10.0. The Hall–Kier alpha value is -0.710. The van der Waals surface area contributed by atoms with E-state index in [1.54, 1.807) is 0 Å². The van der Waals surface area contributed by atoms with E-state index in [1.165, 1.54) is 0 Å². The van der Waals surface area contributed by atoms with Gasteiger partial charge in [-0.2, -0.15) is 0 Å². The maximum atomic E-state index is 12.2. The van der Waals surface area contributed by atoms with Crippen molar-refractivity contribution >= 4 is 21.7 Å². The minimum Gasteiger partial charge on any atom is -0.393 e. The summed E-state index contributed by atoms with van der Waals surface area (Å²) >= 11 is 3.40. The Labute approximate surface area is 116 Å². The third-order valence-corrected chi connectivity index (χ3v) is 4.22. The summed E-state index contributed by atoms with van der Waals surface area (Å²) in [5, 5.41) is 9.55. The molecule has 18 heavy (non-hydrogen) atoms. The van der Waals surface area contributed by atoms with Crippen LogP contribution in [0.4, 0.5) is 0 Å². The lowest BCUT2D eigenvalue weighted by Gasteiger charge is -2.16. The molecule has 2 unspecified atom stereocenters. The van der Waals surface area contributed by atoms with E-state index in [9.17, 15) is 9.90 Å². The first-order valence-electron chi connectivity index (χ1n) is 6.26. The quantitative estimate of drug-likeness (QED) is 0.868. The lowest BCUT2D eigenvalue weighted by Crippen LogP contribution is -2.29. The highest BCUT2D eigenvalue weighted by atomic mass is 79.9. The molecule has 1 aromatic rings. The van der Waals surface area contributed by atoms with Crippen LogP contribution in [0.15, 0.2) is 28.7 Å². The van der Waals surface area contributed by atoms with Crippen molar-refractivity contribution in [2.45, 2.75) is 19.4 Å². The van der Waals surface area contributed by atoms with Gasteiger partial charge in [0, 0.05) is 16.6 Å². The second kappa shape index (κ2) is 5.95. The maximum absolute atomic E-state index is 12.2. The number of Topliss-reactive ketones (excluding diaryl/α,β-unsaturated/α-hetero) is 1. The average molecular weight is 312 g/mol. The number of aliphatic hydroxyl groups excluding tert-OH is 1. The van der Waals surface area contributed by atoms with Crippen LogP contribution in [0, 0.1) is 5.92 Å². The SMILES string of the molecule is CC(O)C1CCN(CC(=O)c2ccccc2Br)C1. The molecule has 0 aromatic heterocycles. The highest BCUT2D eigenvalue weighted by Crippen LogP contribution is 2.21. The van der Waals surface area contributed by atoms with Gasteiger partial charge in [0.05, 0.1) is 12.6 Å². The Morgan fingerprint density at radius 1 is 1.56 bits per heavy atom. The van der Waals surface area contributed by atoms with Crippen molar-refractivity contribution in [3.05, 3.63) is 34.3 Å². The fourth-order valence-corrected chi connectivity index (χ4v) is 2.88. The summed E-state index contributed by atoms with van der Waals surface area (Å²) in [6.45, 7) is 3.97. The Morgan fingerprint density at radius 3 is 2.89 bits per heavy atom. The summed E-state index contributed by atoms with van der Waals surface area (Å²) in [5.74, 6) is 0.436. The normalized spacial score (nSPS) is 22.1. The molecule has 2 rings (SSSR count). The van der Waals surface area contributed by atoms with E-state index in [4.69, 9.17) is 0 Å². The lowest BCUT2D eigenvalue weighted by molar-refractivity contribution is 0.0925. The second-order valence-corrected chi connectivity index (χ2v) is 5.78. The largest absolute Gasteiger partial charge is 0.393 e. The third-order valence-electron chi connectivity index (χ3n) is 3.53. The van der Waals surface area contributed by atoms with E-state index in [0.29, 0.717) is 12.5 Å². The molecule has 0 saturated carbocycles. The van der Waals surface area contributed by atoms with Crippen molar-refractivity contribution in [1.82, 2.24) is 4.90 Å². The number of benzene rings is 1. The highest BCUT2D eigenvalue weighted by molar-refractivity contribution is 9.10. The van der Waals surface area contributed by atoms with Crippen molar-refractivity contribution in [2.75, 3.05) is 19.6 Å². The van der Waals surface area contributed by atoms with E-state index in [2.05, 4.69) is 20.8 Å². The predicted octanol–water partition coefficient (Wildman–Crippen LogP) is 2.33. The summed E-state index contributed by atoms with van der Waals surface area (Å²) < 4.78 is 0.848. The molecular weight excluding hydrogens is 294 g/mol. The zero-order valence-corrected chi connectivity index (χ0v) is 12.1. The van der Waals surface area contributed by atoms with E-state index < -0.39 is 0 Å². The summed E-state index contributed by atoms with van der Waals surface area (Å²) in [5.41, 5.74) is 0.734. The number of carbonyl (C=O) groups is 1. The third kappa shape index (κ3) is 3.19. The van der Waals surface area contributed by atoms with Crippen molar-refractivity contribution in [1.29, 1.82) is 0 Å². The Morgan fingerprint density at radius 2 is 2.28 bits per heavy atom. The Bertz CT molecular complexity index is 434. The molecule has 0 radical (unpaired) electrons. The zero-order chi connectivity index (χ0) is 13.1.